The van der Waals surface area contributed by atoms with E-state index < -0.39 is 0 Å². The third kappa shape index (κ3) is 1.19. The van der Waals surface area contributed by atoms with Crippen LogP contribution in [0.5, 0.6) is 5.75 Å². The zero-order chi connectivity index (χ0) is 11.3. The lowest BCUT2D eigenvalue weighted by Gasteiger charge is -2.38. The minimum Gasteiger partial charge on any atom is -0.507 e. The monoisotopic (exact) mass is 217 g/mol. The number of hydrogen-bond acceptors (Lipinski definition) is 2. The van der Waals surface area contributed by atoms with Crippen molar-refractivity contribution in [2.45, 2.75) is 39.5 Å². The van der Waals surface area contributed by atoms with Gasteiger partial charge in [-0.25, -0.2) is 0 Å². The highest BCUT2D eigenvalue weighted by Gasteiger charge is 2.28. The van der Waals surface area contributed by atoms with Gasteiger partial charge in [0, 0.05) is 24.3 Å². The van der Waals surface area contributed by atoms with Crippen molar-refractivity contribution >= 4 is 5.69 Å². The fraction of sp³-hybridized carbons (Fsp3) is 0.571. The molecule has 2 heteroatoms. The topological polar surface area (TPSA) is 23.5 Å². The summed E-state index contributed by atoms with van der Waals surface area (Å²) < 4.78 is 0. The molecule has 0 aliphatic carbocycles. The van der Waals surface area contributed by atoms with Crippen LogP contribution >= 0.6 is 0 Å². The fourth-order valence-electron chi connectivity index (χ4n) is 3.26. The second kappa shape index (κ2) is 3.41. The molecule has 1 aromatic rings. The number of hydrogen-bond donors (Lipinski definition) is 1. The van der Waals surface area contributed by atoms with Gasteiger partial charge >= 0.3 is 0 Å². The van der Waals surface area contributed by atoms with E-state index in [-0.39, 0.29) is 0 Å². The molecule has 0 aromatic heterocycles. The summed E-state index contributed by atoms with van der Waals surface area (Å²) in [5.74, 6) is 0.558. The summed E-state index contributed by atoms with van der Waals surface area (Å²) in [4.78, 5) is 2.48. The highest BCUT2D eigenvalue weighted by atomic mass is 16.3. The molecule has 0 atom stereocenters. The van der Waals surface area contributed by atoms with Crippen molar-refractivity contribution in [1.82, 2.24) is 0 Å². The van der Waals surface area contributed by atoms with Crippen LogP contribution < -0.4 is 4.90 Å². The molecule has 0 saturated heterocycles. The molecular formula is C14H19NO. The Morgan fingerprint density at radius 3 is 2.25 bits per heavy atom. The van der Waals surface area contributed by atoms with E-state index in [1.807, 2.05) is 0 Å². The van der Waals surface area contributed by atoms with Gasteiger partial charge in [0.25, 0.3) is 0 Å². The number of anilines is 1. The zero-order valence-electron chi connectivity index (χ0n) is 10.1. The summed E-state index contributed by atoms with van der Waals surface area (Å²) in [6.45, 7) is 6.54. The number of nitrogens with zero attached hydrogens (tertiary/aromatic N) is 1. The van der Waals surface area contributed by atoms with E-state index in [2.05, 4.69) is 18.7 Å². The smallest absolute Gasteiger partial charge is 0.124 e. The molecular weight excluding hydrogens is 198 g/mol. The van der Waals surface area contributed by atoms with Gasteiger partial charge in [-0.15, -0.1) is 0 Å². The van der Waals surface area contributed by atoms with Gasteiger partial charge in [0.1, 0.15) is 5.75 Å². The summed E-state index contributed by atoms with van der Waals surface area (Å²) >= 11 is 0. The van der Waals surface area contributed by atoms with E-state index in [1.54, 1.807) is 0 Å². The molecule has 0 spiro atoms. The number of phenolic OH excluding ortho intramolecular Hbond substituents is 1. The van der Waals surface area contributed by atoms with Crippen LogP contribution in [-0.4, -0.2) is 18.2 Å². The Morgan fingerprint density at radius 1 is 0.938 bits per heavy atom. The Labute approximate surface area is 96.9 Å². The van der Waals surface area contributed by atoms with Crippen molar-refractivity contribution in [1.29, 1.82) is 0 Å². The van der Waals surface area contributed by atoms with E-state index in [9.17, 15) is 5.11 Å². The van der Waals surface area contributed by atoms with Crippen LogP contribution in [0.25, 0.3) is 0 Å². The van der Waals surface area contributed by atoms with Gasteiger partial charge in [-0.3, -0.25) is 0 Å². The fourth-order valence-corrected chi connectivity index (χ4v) is 3.26. The molecule has 0 bridgehead atoms. The van der Waals surface area contributed by atoms with Gasteiger partial charge in [-0.2, -0.15) is 0 Å². The third-order valence-corrected chi connectivity index (χ3v) is 4.25. The standard InChI is InChI=1S/C14H19NO/c1-9-10(2)14(16)12-6-4-8-15-7-3-5-11(9)13(12)15/h16H,3-8H2,1-2H3. The predicted molar refractivity (Wildman–Crippen MR) is 66.4 cm³/mol. The molecule has 0 saturated carbocycles. The largest absolute Gasteiger partial charge is 0.507 e. The Bertz CT molecular complexity index is 414. The average molecular weight is 217 g/mol. The lowest BCUT2D eigenvalue weighted by molar-refractivity contribution is 0.457. The SMILES string of the molecule is Cc1c(C)c2c3c(c1O)CCCN3CCC2. The van der Waals surface area contributed by atoms with Crippen LogP contribution in [0.1, 0.15) is 35.1 Å². The lowest BCUT2D eigenvalue weighted by atomic mass is 9.86. The zero-order valence-corrected chi connectivity index (χ0v) is 10.1. The molecule has 2 heterocycles. The molecule has 1 aromatic carbocycles. The second-order valence-corrected chi connectivity index (χ2v) is 5.10. The number of aromatic hydroxyl groups is 1. The Hall–Kier alpha value is -1.18. The lowest BCUT2D eigenvalue weighted by Crippen LogP contribution is -2.35. The van der Waals surface area contributed by atoms with E-state index in [0.717, 1.165) is 12.0 Å². The molecule has 0 fully saturated rings. The predicted octanol–water partition coefficient (Wildman–Crippen LogP) is 2.71. The number of rotatable bonds is 0. The highest BCUT2D eigenvalue weighted by Crippen LogP contribution is 2.43. The minimum atomic E-state index is 0.558. The normalized spacial score (nSPS) is 18.5. The summed E-state index contributed by atoms with van der Waals surface area (Å²) in [6.07, 6.45) is 4.68. The molecule has 0 amide bonds. The summed E-state index contributed by atoms with van der Waals surface area (Å²) in [5, 5.41) is 10.3. The van der Waals surface area contributed by atoms with Crippen molar-refractivity contribution in [2.75, 3.05) is 18.0 Å². The summed E-state index contributed by atoms with van der Waals surface area (Å²) in [7, 11) is 0. The van der Waals surface area contributed by atoms with Crippen molar-refractivity contribution in [3.63, 3.8) is 0 Å². The van der Waals surface area contributed by atoms with Gasteiger partial charge in [0.2, 0.25) is 0 Å². The maximum Gasteiger partial charge on any atom is 0.124 e. The Kier molecular flexibility index (Phi) is 2.13. The van der Waals surface area contributed by atoms with Crippen LogP contribution in [0.2, 0.25) is 0 Å². The Balaban J connectivity index is 2.32. The third-order valence-electron chi connectivity index (χ3n) is 4.25. The number of benzene rings is 1. The maximum atomic E-state index is 10.3. The van der Waals surface area contributed by atoms with Gasteiger partial charge in [0.05, 0.1) is 0 Å². The van der Waals surface area contributed by atoms with Crippen LogP contribution in [-0.2, 0) is 12.8 Å². The van der Waals surface area contributed by atoms with Gasteiger partial charge < -0.3 is 10.0 Å². The van der Waals surface area contributed by atoms with E-state index in [0.29, 0.717) is 5.75 Å². The number of phenols is 1. The summed E-state index contributed by atoms with van der Waals surface area (Å²) in [6, 6.07) is 0. The minimum absolute atomic E-state index is 0.558. The van der Waals surface area contributed by atoms with Crippen molar-refractivity contribution in [2.24, 2.45) is 0 Å². The summed E-state index contributed by atoms with van der Waals surface area (Å²) in [5.41, 5.74) is 6.48. The van der Waals surface area contributed by atoms with E-state index >= 15 is 0 Å². The molecule has 0 unspecified atom stereocenters. The molecule has 86 valence electrons. The molecule has 2 aliphatic heterocycles. The first-order valence-corrected chi connectivity index (χ1v) is 6.29. The van der Waals surface area contributed by atoms with E-state index in [1.165, 1.54) is 54.7 Å². The molecule has 16 heavy (non-hydrogen) atoms. The van der Waals surface area contributed by atoms with Gasteiger partial charge in [-0.1, -0.05) is 0 Å². The molecule has 0 radical (unpaired) electrons. The highest BCUT2D eigenvalue weighted by molar-refractivity contribution is 5.71. The first kappa shape index (κ1) is 10.0. The maximum absolute atomic E-state index is 10.3. The van der Waals surface area contributed by atoms with E-state index in [4.69, 9.17) is 0 Å². The van der Waals surface area contributed by atoms with Crippen LogP contribution in [0.15, 0.2) is 0 Å². The first-order valence-electron chi connectivity index (χ1n) is 6.29. The average Bonchev–Trinajstić information content (AvgIpc) is 2.33. The molecule has 3 rings (SSSR count). The van der Waals surface area contributed by atoms with Gasteiger partial charge in [-0.05, 0) is 56.2 Å². The Morgan fingerprint density at radius 2 is 1.56 bits per heavy atom. The second-order valence-electron chi connectivity index (χ2n) is 5.10. The molecule has 2 nitrogen and oxygen atoms in total. The van der Waals surface area contributed by atoms with Crippen molar-refractivity contribution in [3.05, 3.63) is 22.3 Å². The van der Waals surface area contributed by atoms with Crippen LogP contribution in [0.4, 0.5) is 5.69 Å². The van der Waals surface area contributed by atoms with Crippen LogP contribution in [0.3, 0.4) is 0 Å². The molecule has 2 aliphatic rings. The van der Waals surface area contributed by atoms with Crippen molar-refractivity contribution < 1.29 is 5.11 Å². The molecule has 1 N–H and O–H groups in total. The first-order chi connectivity index (χ1) is 7.70. The van der Waals surface area contributed by atoms with Crippen LogP contribution in [0, 0.1) is 13.8 Å². The quantitative estimate of drug-likeness (QED) is 0.722. The van der Waals surface area contributed by atoms with Crippen molar-refractivity contribution in [3.8, 4) is 5.75 Å². The van der Waals surface area contributed by atoms with Gasteiger partial charge in [0.15, 0.2) is 0 Å².